The van der Waals surface area contributed by atoms with Crippen LogP contribution in [0, 0.1) is 24.6 Å². The van der Waals surface area contributed by atoms with E-state index in [-0.39, 0.29) is 30.1 Å². The first-order valence-corrected chi connectivity index (χ1v) is 15.9. The van der Waals surface area contributed by atoms with Crippen molar-refractivity contribution < 1.29 is 45.1 Å². The third-order valence-electron chi connectivity index (χ3n) is 9.52. The summed E-state index contributed by atoms with van der Waals surface area (Å²) in [5.41, 5.74) is -1.86. The molecule has 260 valence electrons. The average molecular weight is 674 g/mol. The van der Waals surface area contributed by atoms with Crippen molar-refractivity contribution in [2.24, 2.45) is 11.8 Å². The van der Waals surface area contributed by atoms with Crippen LogP contribution in [-0.4, -0.2) is 66.5 Å². The van der Waals surface area contributed by atoms with E-state index in [0.717, 1.165) is 37.1 Å². The molecule has 1 saturated heterocycles. The first kappa shape index (κ1) is 36.5. The number of urea groups is 1. The summed E-state index contributed by atoms with van der Waals surface area (Å²) in [6, 6.07) is 3.44. The van der Waals surface area contributed by atoms with Gasteiger partial charge in [-0.1, -0.05) is 6.07 Å². The Kier molecular flexibility index (Phi) is 11.5. The van der Waals surface area contributed by atoms with Crippen LogP contribution in [0.25, 0.3) is 0 Å². The quantitative estimate of drug-likeness (QED) is 0.209. The van der Waals surface area contributed by atoms with Gasteiger partial charge in [-0.3, -0.25) is 9.69 Å². The standard InChI is InChI=1S/C34H42F7N3O3/c1-5-47-31(45)15-23-6-8-24(9-7-23)19-43-12-13-44(30(20-43)29-11-10-28(35)14-21(29)2)32(46)42(4)22(3)25-16-26(33(36,37)38)18-27(17-25)34(39,40)41/h10-11,14,16-18,22-24,30H,5-9,12-13,15,19-20H2,1-4H3/t22-,23-,24-,30-/m1/s1. The Morgan fingerprint density at radius 1 is 0.936 bits per heavy atom. The molecule has 2 aromatic carbocycles. The summed E-state index contributed by atoms with van der Waals surface area (Å²) in [4.78, 5) is 30.9. The van der Waals surface area contributed by atoms with Crippen molar-refractivity contribution >= 4 is 12.0 Å². The van der Waals surface area contributed by atoms with E-state index >= 15 is 0 Å². The van der Waals surface area contributed by atoms with Gasteiger partial charge in [0.2, 0.25) is 0 Å². The van der Waals surface area contributed by atoms with Crippen molar-refractivity contribution in [3.8, 4) is 0 Å². The second-order valence-electron chi connectivity index (χ2n) is 12.8. The average Bonchev–Trinajstić information content (AvgIpc) is 3.00. The SMILES string of the molecule is CCOC(=O)C[C@H]1CC[C@H](CN2CCN(C(=O)N(C)[C@H](C)c3cc(C(F)(F)F)cc(C(F)(F)F)c3)[C@@H](c3ccc(F)cc3C)C2)CC1. The van der Waals surface area contributed by atoms with E-state index in [9.17, 15) is 40.3 Å². The third kappa shape index (κ3) is 9.17. The highest BCUT2D eigenvalue weighted by Gasteiger charge is 2.40. The fraction of sp³-hybridized carbons (Fsp3) is 0.588. The van der Waals surface area contributed by atoms with E-state index in [4.69, 9.17) is 4.74 Å². The highest BCUT2D eigenvalue weighted by atomic mass is 19.4. The van der Waals surface area contributed by atoms with Crippen LogP contribution in [0.5, 0.6) is 0 Å². The lowest BCUT2D eigenvalue weighted by Gasteiger charge is -2.45. The van der Waals surface area contributed by atoms with Gasteiger partial charge < -0.3 is 14.5 Å². The Morgan fingerprint density at radius 3 is 2.09 bits per heavy atom. The van der Waals surface area contributed by atoms with Crippen LogP contribution in [0.15, 0.2) is 36.4 Å². The molecule has 1 aliphatic heterocycles. The second kappa shape index (κ2) is 14.8. The third-order valence-corrected chi connectivity index (χ3v) is 9.52. The molecule has 0 bridgehead atoms. The van der Waals surface area contributed by atoms with Crippen LogP contribution >= 0.6 is 0 Å². The number of hydrogen-bond acceptors (Lipinski definition) is 4. The first-order chi connectivity index (χ1) is 22.0. The number of nitrogens with zero attached hydrogens (tertiary/aromatic N) is 3. The van der Waals surface area contributed by atoms with Gasteiger partial charge in [0.25, 0.3) is 0 Å². The highest BCUT2D eigenvalue weighted by molar-refractivity contribution is 5.75. The molecule has 2 amide bonds. The maximum absolute atomic E-state index is 14.1. The van der Waals surface area contributed by atoms with Crippen molar-refractivity contribution in [3.63, 3.8) is 0 Å². The maximum Gasteiger partial charge on any atom is 0.416 e. The Balaban J connectivity index is 1.52. The summed E-state index contributed by atoms with van der Waals surface area (Å²) in [6.07, 6.45) is -5.90. The zero-order valence-electron chi connectivity index (χ0n) is 27.1. The second-order valence-corrected chi connectivity index (χ2v) is 12.8. The minimum absolute atomic E-state index is 0.0669. The van der Waals surface area contributed by atoms with Crippen molar-refractivity contribution in [1.29, 1.82) is 0 Å². The minimum Gasteiger partial charge on any atom is -0.466 e. The van der Waals surface area contributed by atoms with Crippen LogP contribution in [0.1, 0.15) is 85.9 Å². The molecule has 13 heteroatoms. The predicted molar refractivity (Wildman–Crippen MR) is 162 cm³/mol. The smallest absolute Gasteiger partial charge is 0.416 e. The molecule has 6 nitrogen and oxygen atoms in total. The van der Waals surface area contributed by atoms with Crippen LogP contribution in [-0.2, 0) is 21.9 Å². The number of piperazine rings is 1. The Hall–Kier alpha value is -3.35. The lowest BCUT2D eigenvalue weighted by molar-refractivity contribution is -0.145. The number of halogens is 7. The van der Waals surface area contributed by atoms with Crippen molar-refractivity contribution in [2.45, 2.75) is 77.3 Å². The van der Waals surface area contributed by atoms with Gasteiger partial charge in [0, 0.05) is 39.6 Å². The van der Waals surface area contributed by atoms with Gasteiger partial charge >= 0.3 is 24.4 Å². The fourth-order valence-electron chi connectivity index (χ4n) is 6.76. The number of ether oxygens (including phenoxy) is 1. The number of aryl methyl sites for hydroxylation is 1. The van der Waals surface area contributed by atoms with E-state index < -0.39 is 47.4 Å². The minimum atomic E-state index is -5.01. The predicted octanol–water partition coefficient (Wildman–Crippen LogP) is 8.40. The topological polar surface area (TPSA) is 53.1 Å². The summed E-state index contributed by atoms with van der Waals surface area (Å²) >= 11 is 0. The van der Waals surface area contributed by atoms with E-state index in [1.54, 1.807) is 24.8 Å². The van der Waals surface area contributed by atoms with Crippen molar-refractivity contribution in [3.05, 3.63) is 70.0 Å². The number of carbonyl (C=O) groups excluding carboxylic acids is 2. The Bertz CT molecular complexity index is 1370. The van der Waals surface area contributed by atoms with Gasteiger partial charge in [-0.15, -0.1) is 0 Å². The molecule has 47 heavy (non-hydrogen) atoms. The molecule has 4 rings (SSSR count). The molecule has 0 spiro atoms. The molecule has 2 atom stereocenters. The van der Waals surface area contributed by atoms with E-state index in [1.807, 2.05) is 0 Å². The lowest BCUT2D eigenvalue weighted by atomic mass is 9.80. The molecule has 0 unspecified atom stereocenters. The van der Waals surface area contributed by atoms with Crippen molar-refractivity contribution in [1.82, 2.24) is 14.7 Å². The summed E-state index contributed by atoms with van der Waals surface area (Å²) in [6.45, 7) is 7.22. The van der Waals surface area contributed by atoms with Gasteiger partial charge in [-0.25, -0.2) is 9.18 Å². The monoisotopic (exact) mass is 673 g/mol. The van der Waals surface area contributed by atoms with E-state index in [0.29, 0.717) is 55.3 Å². The molecule has 0 radical (unpaired) electrons. The molecular formula is C34H42F7N3O3. The first-order valence-electron chi connectivity index (χ1n) is 15.9. The fourth-order valence-corrected chi connectivity index (χ4v) is 6.76. The van der Waals surface area contributed by atoms with Crippen LogP contribution in [0.2, 0.25) is 0 Å². The molecule has 1 aliphatic carbocycles. The Labute approximate surface area is 270 Å². The van der Waals surface area contributed by atoms with Gasteiger partial charge in [0.1, 0.15) is 5.82 Å². The molecule has 2 aliphatic rings. The molecular weight excluding hydrogens is 631 g/mol. The molecule has 0 N–H and O–H groups in total. The number of hydrogen-bond donors (Lipinski definition) is 0. The zero-order chi connectivity index (χ0) is 34.7. The summed E-state index contributed by atoms with van der Waals surface area (Å²) in [5.74, 6) is 0.0579. The number of carbonyl (C=O) groups is 2. The highest BCUT2D eigenvalue weighted by Crippen LogP contribution is 2.39. The van der Waals surface area contributed by atoms with Gasteiger partial charge in [-0.05, 0) is 105 Å². The number of amides is 2. The molecule has 0 aromatic heterocycles. The van der Waals surface area contributed by atoms with Gasteiger partial charge in [0.15, 0.2) is 0 Å². The lowest BCUT2D eigenvalue weighted by Crippen LogP contribution is -2.54. The number of rotatable bonds is 8. The Morgan fingerprint density at radius 2 is 1.53 bits per heavy atom. The van der Waals surface area contributed by atoms with Gasteiger partial charge in [0.05, 0.1) is 29.8 Å². The maximum atomic E-state index is 14.1. The largest absolute Gasteiger partial charge is 0.466 e. The van der Waals surface area contributed by atoms with Crippen LogP contribution < -0.4 is 0 Å². The van der Waals surface area contributed by atoms with Gasteiger partial charge in [-0.2, -0.15) is 26.3 Å². The van der Waals surface area contributed by atoms with Crippen molar-refractivity contribution in [2.75, 3.05) is 39.8 Å². The van der Waals surface area contributed by atoms with Crippen LogP contribution in [0.3, 0.4) is 0 Å². The molecule has 1 saturated carbocycles. The van der Waals surface area contributed by atoms with E-state index in [1.165, 1.54) is 26.1 Å². The molecule has 1 heterocycles. The molecule has 2 aromatic rings. The van der Waals surface area contributed by atoms with Crippen LogP contribution in [0.4, 0.5) is 35.5 Å². The summed E-state index contributed by atoms with van der Waals surface area (Å²) < 4.78 is 100. The molecule has 2 fully saturated rings. The normalized spacial score (nSPS) is 21.8. The summed E-state index contributed by atoms with van der Waals surface area (Å²) in [5, 5.41) is 0. The number of benzene rings is 2. The number of alkyl halides is 6. The zero-order valence-corrected chi connectivity index (χ0v) is 27.1. The van der Waals surface area contributed by atoms with E-state index in [2.05, 4.69) is 4.90 Å². The summed E-state index contributed by atoms with van der Waals surface area (Å²) in [7, 11) is 1.36. The number of esters is 1.